The minimum atomic E-state index is -2.98. The lowest BCUT2D eigenvalue weighted by Crippen LogP contribution is -2.48. The third-order valence-electron chi connectivity index (χ3n) is 4.04. The molecule has 2 N–H and O–H groups in total. The van der Waals surface area contributed by atoms with Crippen LogP contribution >= 0.6 is 11.8 Å². The largest absolute Gasteiger partial charge is 0.375 e. The molecule has 106 valence electrons. The summed E-state index contributed by atoms with van der Waals surface area (Å²) in [6.45, 7) is 0.729. The van der Waals surface area contributed by atoms with E-state index in [1.165, 1.54) is 6.26 Å². The molecule has 0 aromatic rings. The highest BCUT2D eigenvalue weighted by molar-refractivity contribution is 7.99. The predicted molar refractivity (Wildman–Crippen MR) is 75.7 cm³/mol. The predicted octanol–water partition coefficient (Wildman–Crippen LogP) is 1.05. The van der Waals surface area contributed by atoms with Crippen molar-refractivity contribution in [2.75, 3.05) is 30.1 Å². The van der Waals surface area contributed by atoms with Crippen LogP contribution in [0.2, 0.25) is 0 Å². The maximum absolute atomic E-state index is 11.3. The van der Waals surface area contributed by atoms with E-state index in [4.69, 9.17) is 10.5 Å². The van der Waals surface area contributed by atoms with Crippen LogP contribution in [0, 0.1) is 5.92 Å². The minimum Gasteiger partial charge on any atom is -0.375 e. The van der Waals surface area contributed by atoms with Gasteiger partial charge in [0.1, 0.15) is 9.84 Å². The highest BCUT2D eigenvalue weighted by atomic mass is 32.2. The summed E-state index contributed by atoms with van der Waals surface area (Å²) >= 11 is 1.98. The smallest absolute Gasteiger partial charge is 0.148 e. The van der Waals surface area contributed by atoms with Crippen LogP contribution in [-0.4, -0.2) is 50.2 Å². The molecule has 2 fully saturated rings. The molecule has 2 unspecified atom stereocenters. The number of ether oxygens (including phenoxy) is 1. The van der Waals surface area contributed by atoms with Gasteiger partial charge in [-0.3, -0.25) is 0 Å². The second-order valence-electron chi connectivity index (χ2n) is 5.65. The maximum Gasteiger partial charge on any atom is 0.148 e. The Morgan fingerprint density at radius 3 is 2.72 bits per heavy atom. The van der Waals surface area contributed by atoms with Crippen LogP contribution in [-0.2, 0) is 14.6 Å². The molecule has 0 radical (unpaired) electrons. The van der Waals surface area contributed by atoms with Gasteiger partial charge >= 0.3 is 0 Å². The standard InChI is InChI=1S/C12H23NO3S2/c1-18(14,15)9-11(13)10-2-5-16-12(8-10)3-6-17-7-4-12/h10-11H,2-9,13H2,1H3. The quantitative estimate of drug-likeness (QED) is 0.842. The van der Waals surface area contributed by atoms with Crippen molar-refractivity contribution in [2.24, 2.45) is 11.7 Å². The Morgan fingerprint density at radius 2 is 2.11 bits per heavy atom. The summed E-state index contributed by atoms with van der Waals surface area (Å²) in [5.74, 6) is 2.68. The molecule has 4 nitrogen and oxygen atoms in total. The summed E-state index contributed by atoms with van der Waals surface area (Å²) < 4.78 is 28.7. The van der Waals surface area contributed by atoms with E-state index in [1.54, 1.807) is 0 Å². The van der Waals surface area contributed by atoms with E-state index in [0.717, 1.165) is 43.8 Å². The van der Waals surface area contributed by atoms with Crippen molar-refractivity contribution in [2.45, 2.75) is 37.3 Å². The van der Waals surface area contributed by atoms with Gasteiger partial charge in [-0.25, -0.2) is 8.42 Å². The minimum absolute atomic E-state index is 0.0106. The zero-order chi connectivity index (χ0) is 13.2. The highest BCUT2D eigenvalue weighted by Crippen LogP contribution is 2.40. The highest BCUT2D eigenvalue weighted by Gasteiger charge is 2.40. The zero-order valence-corrected chi connectivity index (χ0v) is 12.6. The van der Waals surface area contributed by atoms with E-state index >= 15 is 0 Å². The zero-order valence-electron chi connectivity index (χ0n) is 10.9. The van der Waals surface area contributed by atoms with Crippen LogP contribution in [0.4, 0.5) is 0 Å². The van der Waals surface area contributed by atoms with Crippen molar-refractivity contribution in [1.29, 1.82) is 0 Å². The van der Waals surface area contributed by atoms with Gasteiger partial charge in [-0.05, 0) is 43.1 Å². The number of hydrogen-bond acceptors (Lipinski definition) is 5. The molecule has 2 saturated heterocycles. The molecule has 0 aromatic heterocycles. The Morgan fingerprint density at radius 1 is 1.44 bits per heavy atom. The molecule has 0 aromatic carbocycles. The Hall–Kier alpha value is 0.220. The molecule has 2 rings (SSSR count). The molecule has 0 amide bonds. The maximum atomic E-state index is 11.3. The summed E-state index contributed by atoms with van der Waals surface area (Å²) in [5, 5.41) is 0. The lowest BCUT2D eigenvalue weighted by atomic mass is 9.79. The summed E-state index contributed by atoms with van der Waals surface area (Å²) in [4.78, 5) is 0. The van der Waals surface area contributed by atoms with Crippen molar-refractivity contribution < 1.29 is 13.2 Å². The van der Waals surface area contributed by atoms with E-state index in [0.29, 0.717) is 0 Å². The Labute approximate surface area is 114 Å². The van der Waals surface area contributed by atoms with Gasteiger partial charge in [0.2, 0.25) is 0 Å². The molecule has 6 heteroatoms. The van der Waals surface area contributed by atoms with Gasteiger partial charge in [-0.1, -0.05) is 0 Å². The Kier molecular flexibility index (Phi) is 4.62. The van der Waals surface area contributed by atoms with Crippen molar-refractivity contribution >= 4 is 21.6 Å². The normalized spacial score (nSPS) is 30.2. The van der Waals surface area contributed by atoms with Crippen LogP contribution < -0.4 is 5.73 Å². The van der Waals surface area contributed by atoms with Gasteiger partial charge in [0.15, 0.2) is 0 Å². The lowest BCUT2D eigenvalue weighted by Gasteiger charge is -2.44. The van der Waals surface area contributed by atoms with Crippen LogP contribution in [0.1, 0.15) is 25.7 Å². The number of hydrogen-bond donors (Lipinski definition) is 1. The number of thioether (sulfide) groups is 1. The fraction of sp³-hybridized carbons (Fsp3) is 1.00. The van der Waals surface area contributed by atoms with Gasteiger partial charge in [-0.15, -0.1) is 0 Å². The molecule has 0 saturated carbocycles. The summed E-state index contributed by atoms with van der Waals surface area (Å²) in [7, 11) is -2.98. The molecule has 0 bridgehead atoms. The van der Waals surface area contributed by atoms with Crippen molar-refractivity contribution in [3.05, 3.63) is 0 Å². The third-order valence-corrected chi connectivity index (χ3v) is 6.01. The van der Waals surface area contributed by atoms with Crippen molar-refractivity contribution in [3.8, 4) is 0 Å². The molecule has 2 aliphatic heterocycles. The number of rotatable bonds is 3. The van der Waals surface area contributed by atoms with Gasteiger partial charge in [0, 0.05) is 18.9 Å². The van der Waals surface area contributed by atoms with E-state index < -0.39 is 9.84 Å². The first kappa shape index (κ1) is 14.6. The summed E-state index contributed by atoms with van der Waals surface area (Å²) in [6, 6.07) is -0.240. The molecular formula is C12H23NO3S2. The molecule has 0 aliphatic carbocycles. The molecule has 2 aliphatic rings. The average Bonchev–Trinajstić information content (AvgIpc) is 2.28. The average molecular weight is 293 g/mol. The van der Waals surface area contributed by atoms with Crippen LogP contribution in [0.15, 0.2) is 0 Å². The van der Waals surface area contributed by atoms with E-state index in [9.17, 15) is 8.42 Å². The summed E-state index contributed by atoms with van der Waals surface area (Å²) in [6.07, 6.45) is 5.26. The molecular weight excluding hydrogens is 270 g/mol. The van der Waals surface area contributed by atoms with Gasteiger partial charge in [0.25, 0.3) is 0 Å². The van der Waals surface area contributed by atoms with Crippen LogP contribution in [0.5, 0.6) is 0 Å². The Bertz CT molecular complexity index is 371. The van der Waals surface area contributed by atoms with E-state index in [2.05, 4.69) is 0 Å². The second-order valence-corrected chi connectivity index (χ2v) is 9.06. The first-order valence-electron chi connectivity index (χ1n) is 6.55. The topological polar surface area (TPSA) is 69.4 Å². The van der Waals surface area contributed by atoms with Gasteiger partial charge < -0.3 is 10.5 Å². The van der Waals surface area contributed by atoms with Gasteiger partial charge in [0.05, 0.1) is 11.4 Å². The van der Waals surface area contributed by atoms with Gasteiger partial charge in [-0.2, -0.15) is 11.8 Å². The molecule has 2 atom stereocenters. The number of sulfone groups is 1. The Balaban J connectivity index is 1.97. The van der Waals surface area contributed by atoms with Crippen LogP contribution in [0.25, 0.3) is 0 Å². The number of nitrogens with two attached hydrogens (primary N) is 1. The SMILES string of the molecule is CS(=O)(=O)CC(N)C1CCOC2(CCSCC2)C1. The van der Waals surface area contributed by atoms with Crippen molar-refractivity contribution in [1.82, 2.24) is 0 Å². The van der Waals surface area contributed by atoms with Crippen molar-refractivity contribution in [3.63, 3.8) is 0 Å². The summed E-state index contributed by atoms with van der Waals surface area (Å²) in [5.41, 5.74) is 6.07. The van der Waals surface area contributed by atoms with E-state index in [-0.39, 0.29) is 23.3 Å². The second kappa shape index (κ2) is 5.69. The molecule has 1 spiro atoms. The fourth-order valence-electron chi connectivity index (χ4n) is 3.01. The third kappa shape index (κ3) is 3.85. The lowest BCUT2D eigenvalue weighted by molar-refractivity contribution is -0.104. The first-order valence-corrected chi connectivity index (χ1v) is 9.77. The first-order chi connectivity index (χ1) is 8.40. The van der Waals surface area contributed by atoms with E-state index in [1.807, 2.05) is 11.8 Å². The monoisotopic (exact) mass is 293 g/mol. The van der Waals surface area contributed by atoms with Crippen LogP contribution in [0.3, 0.4) is 0 Å². The molecule has 2 heterocycles. The molecule has 18 heavy (non-hydrogen) atoms. The fourth-order valence-corrected chi connectivity index (χ4v) is 5.22.